The number of hydrogen-bond acceptors (Lipinski definition) is 3. The number of amides is 2. The minimum Gasteiger partial charge on any atom is -0.342 e. The molecule has 4 atom stereocenters. The predicted octanol–water partition coefficient (Wildman–Crippen LogP) is 1.64. The summed E-state index contributed by atoms with van der Waals surface area (Å²) in [4.78, 5) is 26.9. The van der Waals surface area contributed by atoms with Crippen LogP contribution in [0, 0.1) is 5.92 Å². The highest BCUT2D eigenvalue weighted by molar-refractivity contribution is 7.99. The molecule has 1 N–H and O–H groups in total. The highest BCUT2D eigenvalue weighted by Gasteiger charge is 2.44. The number of carbonyl (C=O) groups excluding carboxylic acids is 2. The first-order valence-corrected chi connectivity index (χ1v) is 8.45. The Labute approximate surface area is 119 Å². The van der Waals surface area contributed by atoms with Gasteiger partial charge in [-0.05, 0) is 24.5 Å². The summed E-state index contributed by atoms with van der Waals surface area (Å²) in [7, 11) is 0. The van der Waals surface area contributed by atoms with E-state index in [1.54, 1.807) is 0 Å². The topological polar surface area (TPSA) is 49.4 Å². The van der Waals surface area contributed by atoms with E-state index in [0.29, 0.717) is 6.42 Å². The van der Waals surface area contributed by atoms with Crippen LogP contribution < -0.4 is 5.32 Å². The highest BCUT2D eigenvalue weighted by atomic mass is 32.2. The lowest BCUT2D eigenvalue weighted by Crippen LogP contribution is -2.67. The maximum atomic E-state index is 12.7. The van der Waals surface area contributed by atoms with Crippen molar-refractivity contribution < 1.29 is 9.59 Å². The van der Waals surface area contributed by atoms with Crippen LogP contribution in [0.4, 0.5) is 0 Å². The molecule has 2 amide bonds. The molecule has 2 saturated heterocycles. The number of nitrogens with one attached hydrogen (secondary N) is 1. The quantitative estimate of drug-likeness (QED) is 0.854. The van der Waals surface area contributed by atoms with E-state index >= 15 is 0 Å². The summed E-state index contributed by atoms with van der Waals surface area (Å²) in [5.41, 5.74) is 0. The van der Waals surface area contributed by atoms with Crippen molar-refractivity contribution in [3.05, 3.63) is 0 Å². The van der Waals surface area contributed by atoms with Gasteiger partial charge in [0.15, 0.2) is 0 Å². The summed E-state index contributed by atoms with van der Waals surface area (Å²) >= 11 is 1.88. The molecule has 5 heteroatoms. The summed E-state index contributed by atoms with van der Waals surface area (Å²) in [6.07, 6.45) is 2.63. The van der Waals surface area contributed by atoms with Crippen LogP contribution in [0.3, 0.4) is 0 Å². The lowest BCUT2D eigenvalue weighted by molar-refractivity contribution is -0.153. The zero-order valence-corrected chi connectivity index (χ0v) is 12.8. The summed E-state index contributed by atoms with van der Waals surface area (Å²) in [6.45, 7) is 6.08. The average molecular weight is 284 g/mol. The van der Waals surface area contributed by atoms with Gasteiger partial charge in [0.25, 0.3) is 0 Å². The molecule has 0 bridgehead atoms. The fourth-order valence-corrected chi connectivity index (χ4v) is 4.14. The van der Waals surface area contributed by atoms with Crippen molar-refractivity contribution in [2.45, 2.75) is 58.2 Å². The fraction of sp³-hybridized carbons (Fsp3) is 0.857. The van der Waals surface area contributed by atoms with E-state index in [-0.39, 0.29) is 35.9 Å². The van der Waals surface area contributed by atoms with E-state index in [4.69, 9.17) is 0 Å². The van der Waals surface area contributed by atoms with Gasteiger partial charge in [0.1, 0.15) is 12.1 Å². The molecule has 0 aromatic heterocycles. The third-order valence-corrected chi connectivity index (χ3v) is 5.50. The first-order chi connectivity index (χ1) is 9.10. The minimum atomic E-state index is -0.328. The summed E-state index contributed by atoms with van der Waals surface area (Å²) in [5.74, 6) is 2.44. The highest BCUT2D eigenvalue weighted by Crippen LogP contribution is 2.29. The van der Waals surface area contributed by atoms with Gasteiger partial charge >= 0.3 is 0 Å². The van der Waals surface area contributed by atoms with Crippen LogP contribution in [0.25, 0.3) is 0 Å². The molecule has 0 radical (unpaired) electrons. The summed E-state index contributed by atoms with van der Waals surface area (Å²) in [6, 6.07) is -0.345. The van der Waals surface area contributed by atoms with Crippen molar-refractivity contribution in [3.8, 4) is 0 Å². The average Bonchev–Trinajstić information content (AvgIpc) is 2.93. The molecular formula is C14H24N2O2S. The van der Waals surface area contributed by atoms with Gasteiger partial charge in [-0.15, -0.1) is 0 Å². The largest absolute Gasteiger partial charge is 0.342 e. The van der Waals surface area contributed by atoms with Crippen LogP contribution in [0.15, 0.2) is 0 Å². The fourth-order valence-electron chi connectivity index (χ4n) is 2.93. The van der Waals surface area contributed by atoms with E-state index in [1.165, 1.54) is 0 Å². The van der Waals surface area contributed by atoms with Crippen LogP contribution >= 0.6 is 11.8 Å². The minimum absolute atomic E-state index is 0.0318. The Hall–Kier alpha value is -0.710. The molecule has 108 valence electrons. The van der Waals surface area contributed by atoms with E-state index in [9.17, 15) is 9.59 Å². The van der Waals surface area contributed by atoms with Crippen molar-refractivity contribution in [2.75, 3.05) is 11.5 Å². The van der Waals surface area contributed by atoms with Crippen molar-refractivity contribution in [1.29, 1.82) is 0 Å². The summed E-state index contributed by atoms with van der Waals surface area (Å²) < 4.78 is 0. The Morgan fingerprint density at radius 1 is 1.42 bits per heavy atom. The van der Waals surface area contributed by atoms with Crippen LogP contribution in [-0.2, 0) is 9.59 Å². The second-order valence-corrected chi connectivity index (χ2v) is 6.71. The van der Waals surface area contributed by atoms with Gasteiger partial charge in [-0.3, -0.25) is 9.59 Å². The molecule has 2 fully saturated rings. The van der Waals surface area contributed by atoms with Gasteiger partial charge in [0, 0.05) is 11.8 Å². The molecule has 2 heterocycles. The maximum absolute atomic E-state index is 12.7. The number of carbonyl (C=O) groups is 2. The van der Waals surface area contributed by atoms with E-state index in [2.05, 4.69) is 12.2 Å². The Morgan fingerprint density at radius 2 is 2.16 bits per heavy atom. The monoisotopic (exact) mass is 284 g/mol. The van der Waals surface area contributed by atoms with Gasteiger partial charge in [0.2, 0.25) is 11.8 Å². The number of nitrogens with zero attached hydrogens (tertiary/aromatic N) is 1. The van der Waals surface area contributed by atoms with Crippen molar-refractivity contribution >= 4 is 23.6 Å². The third kappa shape index (κ3) is 2.76. The number of rotatable bonds is 4. The first-order valence-electron chi connectivity index (χ1n) is 7.30. The molecule has 0 saturated carbocycles. The Bertz CT molecular complexity index is 355. The van der Waals surface area contributed by atoms with Crippen LogP contribution in [0.5, 0.6) is 0 Å². The van der Waals surface area contributed by atoms with Crippen molar-refractivity contribution in [1.82, 2.24) is 10.2 Å². The lowest BCUT2D eigenvalue weighted by Gasteiger charge is -2.43. The smallest absolute Gasteiger partial charge is 0.246 e. The molecule has 2 rings (SSSR count). The maximum Gasteiger partial charge on any atom is 0.246 e. The van der Waals surface area contributed by atoms with E-state index < -0.39 is 0 Å². The van der Waals surface area contributed by atoms with Crippen LogP contribution in [0.2, 0.25) is 0 Å². The SMILES string of the molecule is CCC(C)C1NC(=O)C(CC)N(C2CCSC2)C1=O. The second kappa shape index (κ2) is 6.16. The molecule has 2 aliphatic rings. The predicted molar refractivity (Wildman–Crippen MR) is 78.0 cm³/mol. The second-order valence-electron chi connectivity index (χ2n) is 5.56. The molecular weight excluding hydrogens is 260 g/mol. The molecule has 2 aliphatic heterocycles. The first kappa shape index (κ1) is 14.7. The number of thioether (sulfide) groups is 1. The molecule has 4 unspecified atom stereocenters. The van der Waals surface area contributed by atoms with Gasteiger partial charge in [-0.1, -0.05) is 27.2 Å². The Morgan fingerprint density at radius 3 is 2.68 bits per heavy atom. The molecule has 0 aliphatic carbocycles. The lowest BCUT2D eigenvalue weighted by atomic mass is 9.92. The summed E-state index contributed by atoms with van der Waals surface area (Å²) in [5, 5.41) is 2.93. The van der Waals surface area contributed by atoms with E-state index in [1.807, 2.05) is 30.5 Å². The Balaban J connectivity index is 2.23. The number of hydrogen-bond donors (Lipinski definition) is 1. The van der Waals surface area contributed by atoms with Gasteiger partial charge in [-0.2, -0.15) is 11.8 Å². The van der Waals surface area contributed by atoms with Gasteiger partial charge < -0.3 is 10.2 Å². The molecule has 0 aromatic carbocycles. The van der Waals surface area contributed by atoms with E-state index in [0.717, 1.165) is 24.3 Å². The zero-order chi connectivity index (χ0) is 14.0. The zero-order valence-electron chi connectivity index (χ0n) is 12.0. The van der Waals surface area contributed by atoms with Crippen molar-refractivity contribution in [2.24, 2.45) is 5.92 Å². The molecule has 0 spiro atoms. The van der Waals surface area contributed by atoms with Crippen molar-refractivity contribution in [3.63, 3.8) is 0 Å². The third-order valence-electron chi connectivity index (χ3n) is 4.36. The van der Waals surface area contributed by atoms with Gasteiger partial charge in [0.05, 0.1) is 0 Å². The van der Waals surface area contributed by atoms with Gasteiger partial charge in [-0.25, -0.2) is 0 Å². The molecule has 19 heavy (non-hydrogen) atoms. The van der Waals surface area contributed by atoms with Crippen LogP contribution in [0.1, 0.15) is 40.0 Å². The normalized spacial score (nSPS) is 33.4. The molecule has 4 nitrogen and oxygen atoms in total. The number of piperazine rings is 1. The van der Waals surface area contributed by atoms with Crippen LogP contribution in [-0.4, -0.2) is 46.3 Å². The molecule has 0 aromatic rings. The Kier molecular flexibility index (Phi) is 4.76. The standard InChI is InChI=1S/C14H24N2O2S/c1-4-9(3)12-14(18)16(10-6-7-19-8-10)11(5-2)13(17)15-12/h9-12H,4-8H2,1-3H3,(H,15,17).